The summed E-state index contributed by atoms with van der Waals surface area (Å²) in [7, 11) is 0. The fourth-order valence-electron chi connectivity index (χ4n) is 5.80. The number of hydrogen-bond acceptors (Lipinski definition) is 3. The zero-order valence-corrected chi connectivity index (χ0v) is 23.6. The molecule has 0 fully saturated rings. The van der Waals surface area contributed by atoms with Crippen molar-refractivity contribution in [1.82, 2.24) is 4.98 Å². The number of anilines is 3. The lowest BCUT2D eigenvalue weighted by Gasteiger charge is -2.26. The van der Waals surface area contributed by atoms with E-state index < -0.39 is 0 Å². The van der Waals surface area contributed by atoms with Crippen LogP contribution in [-0.4, -0.2) is 4.98 Å². The summed E-state index contributed by atoms with van der Waals surface area (Å²) in [6.45, 7) is 0. The highest BCUT2D eigenvalue weighted by Crippen LogP contribution is 2.41. The molecule has 0 N–H and O–H groups in total. The summed E-state index contributed by atoms with van der Waals surface area (Å²) in [5, 5.41) is 4.90. The fraction of sp³-hybridized carbons (Fsp3) is 0. The smallest absolute Gasteiger partial charge is 0.124 e. The molecule has 0 amide bonds. The van der Waals surface area contributed by atoms with E-state index in [1.807, 2.05) is 12.3 Å². The quantitative estimate of drug-likeness (QED) is 0.210. The Kier molecular flexibility index (Phi) is 6.02. The summed E-state index contributed by atoms with van der Waals surface area (Å²) >= 11 is 1.75. The highest BCUT2D eigenvalue weighted by Gasteiger charge is 2.16. The van der Waals surface area contributed by atoms with Crippen LogP contribution in [0.5, 0.6) is 0 Å². The topological polar surface area (TPSA) is 16.1 Å². The molecule has 0 saturated carbocycles. The molecule has 0 atom stereocenters. The zero-order chi connectivity index (χ0) is 27.9. The monoisotopic (exact) mass is 554 g/mol. The minimum Gasteiger partial charge on any atom is -0.310 e. The van der Waals surface area contributed by atoms with Gasteiger partial charge in [-0.25, -0.2) is 4.98 Å². The van der Waals surface area contributed by atoms with E-state index in [4.69, 9.17) is 0 Å². The minimum absolute atomic E-state index is 1.07. The molecule has 2 heterocycles. The van der Waals surface area contributed by atoms with Crippen molar-refractivity contribution in [1.29, 1.82) is 0 Å². The predicted octanol–water partition coefficient (Wildman–Crippen LogP) is 11.4. The molecule has 8 aromatic rings. The van der Waals surface area contributed by atoms with Gasteiger partial charge < -0.3 is 4.90 Å². The number of rotatable bonds is 5. The van der Waals surface area contributed by atoms with E-state index in [-0.39, 0.29) is 0 Å². The third-order valence-corrected chi connectivity index (χ3v) is 8.99. The molecule has 0 bridgehead atoms. The zero-order valence-electron chi connectivity index (χ0n) is 22.8. The van der Waals surface area contributed by atoms with Crippen LogP contribution < -0.4 is 4.90 Å². The van der Waals surface area contributed by atoms with Gasteiger partial charge in [0.25, 0.3) is 0 Å². The second-order valence-electron chi connectivity index (χ2n) is 10.5. The molecular weight excluding hydrogens is 529 g/mol. The minimum atomic E-state index is 1.07. The summed E-state index contributed by atoms with van der Waals surface area (Å²) < 4.78 is 1.24. The average Bonchev–Trinajstić information content (AvgIpc) is 3.44. The number of benzene rings is 6. The molecule has 6 aromatic carbocycles. The number of pyridine rings is 1. The van der Waals surface area contributed by atoms with Crippen molar-refractivity contribution in [3.63, 3.8) is 0 Å². The Balaban J connectivity index is 1.26. The third-order valence-electron chi connectivity index (χ3n) is 7.91. The van der Waals surface area contributed by atoms with Gasteiger partial charge in [-0.1, -0.05) is 97.1 Å². The Hall–Kier alpha value is -5.25. The van der Waals surface area contributed by atoms with E-state index in [9.17, 15) is 0 Å². The van der Waals surface area contributed by atoms with Gasteiger partial charge in [0, 0.05) is 38.7 Å². The molecule has 0 radical (unpaired) electrons. The molecule has 0 aliphatic heterocycles. The van der Waals surface area contributed by atoms with E-state index in [2.05, 4.69) is 155 Å². The van der Waals surface area contributed by atoms with Gasteiger partial charge in [0.15, 0.2) is 0 Å². The van der Waals surface area contributed by atoms with Gasteiger partial charge in [0.1, 0.15) is 4.83 Å². The van der Waals surface area contributed by atoms with Crippen LogP contribution in [0.25, 0.3) is 53.3 Å². The largest absolute Gasteiger partial charge is 0.310 e. The summed E-state index contributed by atoms with van der Waals surface area (Å²) in [5.41, 5.74) is 8.26. The van der Waals surface area contributed by atoms with E-state index in [0.717, 1.165) is 21.9 Å². The number of aromatic nitrogens is 1. The predicted molar refractivity (Wildman–Crippen MR) is 180 cm³/mol. The molecule has 198 valence electrons. The van der Waals surface area contributed by atoms with Gasteiger partial charge in [-0.15, -0.1) is 11.3 Å². The van der Waals surface area contributed by atoms with Crippen LogP contribution in [0.3, 0.4) is 0 Å². The summed E-state index contributed by atoms with van der Waals surface area (Å²) in [6.07, 6.45) is 1.87. The Morgan fingerprint density at radius 1 is 0.429 bits per heavy atom. The standard InChI is InChI=1S/C39H26N2S/c1-3-8-27(9-4-1)29-15-18-33(19-16-29)41(35-21-22-36-37-12-7-23-40-39(37)42-38(36)26-35)34-20-17-31-24-30(13-14-32(31)25-34)28-10-5-2-6-11-28/h1-26H. The Morgan fingerprint density at radius 3 is 1.81 bits per heavy atom. The van der Waals surface area contributed by atoms with Gasteiger partial charge in [0.2, 0.25) is 0 Å². The molecule has 0 aliphatic rings. The maximum absolute atomic E-state index is 4.62. The Morgan fingerprint density at radius 2 is 1.02 bits per heavy atom. The van der Waals surface area contributed by atoms with Gasteiger partial charge in [0.05, 0.1) is 0 Å². The van der Waals surface area contributed by atoms with Crippen LogP contribution >= 0.6 is 11.3 Å². The van der Waals surface area contributed by atoms with Crippen molar-refractivity contribution in [2.24, 2.45) is 0 Å². The first kappa shape index (κ1) is 24.5. The average molecular weight is 555 g/mol. The first-order valence-corrected chi connectivity index (χ1v) is 14.9. The second kappa shape index (κ2) is 10.3. The van der Waals surface area contributed by atoms with Crippen LogP contribution in [0, 0.1) is 0 Å². The van der Waals surface area contributed by atoms with Gasteiger partial charge >= 0.3 is 0 Å². The third kappa shape index (κ3) is 4.41. The van der Waals surface area contributed by atoms with Crippen molar-refractivity contribution >= 4 is 59.5 Å². The van der Waals surface area contributed by atoms with Gasteiger partial charge in [-0.2, -0.15) is 0 Å². The molecular formula is C39H26N2S. The van der Waals surface area contributed by atoms with Crippen molar-refractivity contribution in [3.8, 4) is 22.3 Å². The maximum Gasteiger partial charge on any atom is 0.124 e. The maximum atomic E-state index is 4.62. The van der Waals surface area contributed by atoms with Gasteiger partial charge in [-0.05, 0) is 87.6 Å². The van der Waals surface area contributed by atoms with Gasteiger partial charge in [-0.3, -0.25) is 0 Å². The normalized spacial score (nSPS) is 11.3. The lowest BCUT2D eigenvalue weighted by atomic mass is 10.0. The molecule has 8 rings (SSSR count). The van der Waals surface area contributed by atoms with Crippen molar-refractivity contribution < 1.29 is 0 Å². The molecule has 3 heteroatoms. The summed E-state index contributed by atoms with van der Waals surface area (Å²) in [5.74, 6) is 0. The summed E-state index contributed by atoms with van der Waals surface area (Å²) in [4.78, 5) is 8.05. The highest BCUT2D eigenvalue weighted by molar-refractivity contribution is 7.25. The molecule has 0 saturated heterocycles. The van der Waals surface area contributed by atoms with Crippen LogP contribution in [0.15, 0.2) is 158 Å². The van der Waals surface area contributed by atoms with E-state index in [1.165, 1.54) is 48.5 Å². The SMILES string of the molecule is c1ccc(-c2ccc(N(c3ccc4cc(-c5ccccc5)ccc4c3)c3ccc4c(c3)sc3ncccc34)cc2)cc1. The Labute approximate surface area is 248 Å². The van der Waals surface area contributed by atoms with Crippen LogP contribution in [0.2, 0.25) is 0 Å². The Bertz CT molecular complexity index is 2180. The first-order valence-electron chi connectivity index (χ1n) is 14.1. The number of thiophene rings is 1. The molecule has 42 heavy (non-hydrogen) atoms. The van der Waals surface area contributed by atoms with Crippen molar-refractivity contribution in [2.45, 2.75) is 0 Å². The first-order chi connectivity index (χ1) is 20.8. The van der Waals surface area contributed by atoms with E-state index in [1.54, 1.807) is 11.3 Å². The van der Waals surface area contributed by atoms with E-state index >= 15 is 0 Å². The van der Waals surface area contributed by atoms with Crippen LogP contribution in [-0.2, 0) is 0 Å². The second-order valence-corrected chi connectivity index (χ2v) is 11.5. The number of hydrogen-bond donors (Lipinski definition) is 0. The van der Waals surface area contributed by atoms with Crippen LogP contribution in [0.4, 0.5) is 17.1 Å². The number of nitrogens with zero attached hydrogens (tertiary/aromatic N) is 2. The number of fused-ring (bicyclic) bond motifs is 4. The summed E-state index contributed by atoms with van der Waals surface area (Å²) in [6, 6.07) is 54.4. The molecule has 0 unspecified atom stereocenters. The fourth-order valence-corrected chi connectivity index (χ4v) is 6.88. The van der Waals surface area contributed by atoms with Crippen molar-refractivity contribution in [2.75, 3.05) is 4.90 Å². The molecule has 0 aliphatic carbocycles. The lowest BCUT2D eigenvalue weighted by Crippen LogP contribution is -2.09. The lowest BCUT2D eigenvalue weighted by molar-refractivity contribution is 1.30. The molecule has 0 spiro atoms. The molecule has 2 nitrogen and oxygen atoms in total. The molecule has 2 aromatic heterocycles. The highest BCUT2D eigenvalue weighted by atomic mass is 32.1. The van der Waals surface area contributed by atoms with E-state index in [0.29, 0.717) is 0 Å². The van der Waals surface area contributed by atoms with Crippen molar-refractivity contribution in [3.05, 3.63) is 158 Å². The van der Waals surface area contributed by atoms with Crippen LogP contribution in [0.1, 0.15) is 0 Å².